The second-order valence-corrected chi connectivity index (χ2v) is 4.92. The third kappa shape index (κ3) is 3.90. The molecule has 0 aliphatic carbocycles. The number of esters is 1. The minimum atomic E-state index is -0.598. The van der Waals surface area contributed by atoms with Gasteiger partial charge in [0.25, 0.3) is 0 Å². The van der Waals surface area contributed by atoms with Gasteiger partial charge in [-0.1, -0.05) is 27.7 Å². The van der Waals surface area contributed by atoms with Gasteiger partial charge in [-0.05, 0) is 24.6 Å². The highest BCUT2D eigenvalue weighted by Gasteiger charge is 2.19. The Morgan fingerprint density at radius 3 is 2.41 bits per heavy atom. The van der Waals surface area contributed by atoms with E-state index in [2.05, 4.69) is 20.5 Å². The minimum Gasteiger partial charge on any atom is -0.438 e. The van der Waals surface area contributed by atoms with E-state index in [4.69, 9.17) is 4.74 Å². The van der Waals surface area contributed by atoms with Crippen molar-refractivity contribution in [3.63, 3.8) is 0 Å². The molecule has 0 aromatic carbocycles. The summed E-state index contributed by atoms with van der Waals surface area (Å²) < 4.78 is 6.91. The summed E-state index contributed by atoms with van der Waals surface area (Å²) in [5.74, 6) is -0.0391. The van der Waals surface area contributed by atoms with Gasteiger partial charge in [0.1, 0.15) is 5.69 Å². The van der Waals surface area contributed by atoms with Gasteiger partial charge in [0.15, 0.2) is 0 Å². The lowest BCUT2D eigenvalue weighted by Crippen LogP contribution is -2.20. The van der Waals surface area contributed by atoms with Crippen molar-refractivity contribution >= 4 is 5.97 Å². The standard InChI is InChI=1S/C12H18N6O2.C2H6/c1-7(2)12(19)20-9(4)18-15-11(14-16-18)10-8(3)6-13-17(10)5;1-2/h6-7,9H,1-5H3;1-2H3. The van der Waals surface area contributed by atoms with Crippen LogP contribution in [-0.4, -0.2) is 36.0 Å². The zero-order chi connectivity index (χ0) is 16.9. The van der Waals surface area contributed by atoms with Crippen LogP contribution in [0.3, 0.4) is 0 Å². The van der Waals surface area contributed by atoms with Crippen molar-refractivity contribution in [2.75, 3.05) is 0 Å². The van der Waals surface area contributed by atoms with E-state index >= 15 is 0 Å². The van der Waals surface area contributed by atoms with Crippen LogP contribution in [0.4, 0.5) is 0 Å². The monoisotopic (exact) mass is 308 g/mol. The maximum atomic E-state index is 11.5. The first kappa shape index (κ1) is 17.8. The number of aromatic nitrogens is 6. The molecule has 122 valence electrons. The highest BCUT2D eigenvalue weighted by molar-refractivity contribution is 5.71. The van der Waals surface area contributed by atoms with Gasteiger partial charge in [-0.25, -0.2) is 0 Å². The van der Waals surface area contributed by atoms with Gasteiger partial charge in [0, 0.05) is 7.05 Å². The molecule has 1 atom stereocenters. The van der Waals surface area contributed by atoms with E-state index in [1.807, 2.05) is 27.8 Å². The Labute approximate surface area is 130 Å². The molecule has 8 nitrogen and oxygen atoms in total. The Morgan fingerprint density at radius 1 is 1.27 bits per heavy atom. The van der Waals surface area contributed by atoms with Crippen LogP contribution in [0.25, 0.3) is 11.5 Å². The molecule has 0 aliphatic rings. The number of aryl methyl sites for hydroxylation is 2. The van der Waals surface area contributed by atoms with E-state index < -0.39 is 6.23 Å². The highest BCUT2D eigenvalue weighted by atomic mass is 16.6. The van der Waals surface area contributed by atoms with Crippen molar-refractivity contribution < 1.29 is 9.53 Å². The van der Waals surface area contributed by atoms with Gasteiger partial charge in [0.2, 0.25) is 12.1 Å². The van der Waals surface area contributed by atoms with E-state index in [1.54, 1.807) is 31.6 Å². The number of tetrazole rings is 1. The quantitative estimate of drug-likeness (QED) is 0.804. The molecule has 0 amide bonds. The SMILES string of the molecule is CC.Cc1cnn(C)c1-c1nnn(C(C)OC(=O)C(C)C)n1. The maximum Gasteiger partial charge on any atom is 0.310 e. The van der Waals surface area contributed by atoms with Crippen LogP contribution >= 0.6 is 0 Å². The van der Waals surface area contributed by atoms with Gasteiger partial charge < -0.3 is 4.74 Å². The van der Waals surface area contributed by atoms with Crippen LogP contribution in [0.15, 0.2) is 6.20 Å². The number of nitrogens with zero attached hydrogens (tertiary/aromatic N) is 6. The van der Waals surface area contributed by atoms with Crippen LogP contribution in [0.1, 0.15) is 46.4 Å². The van der Waals surface area contributed by atoms with Gasteiger partial charge in [-0.15, -0.1) is 15.0 Å². The molecule has 2 heterocycles. The number of carbonyl (C=O) groups is 1. The molecule has 0 bridgehead atoms. The topological polar surface area (TPSA) is 87.7 Å². The van der Waals surface area contributed by atoms with E-state index in [-0.39, 0.29) is 11.9 Å². The third-order valence-corrected chi connectivity index (χ3v) is 2.85. The molecule has 2 rings (SSSR count). The summed E-state index contributed by atoms with van der Waals surface area (Å²) in [6.07, 6.45) is 1.14. The van der Waals surface area contributed by atoms with Crippen LogP contribution in [0.2, 0.25) is 0 Å². The van der Waals surface area contributed by atoms with Crippen molar-refractivity contribution in [3.05, 3.63) is 11.8 Å². The summed E-state index contributed by atoms with van der Waals surface area (Å²) in [4.78, 5) is 12.8. The summed E-state index contributed by atoms with van der Waals surface area (Å²) >= 11 is 0. The Kier molecular flexibility index (Phi) is 6.21. The number of ether oxygens (including phenoxy) is 1. The Balaban J connectivity index is 0.00000116. The Bertz CT molecular complexity index is 597. The van der Waals surface area contributed by atoms with Crippen LogP contribution in [-0.2, 0) is 16.6 Å². The fourth-order valence-corrected chi connectivity index (χ4v) is 1.69. The molecule has 2 aromatic rings. The second kappa shape index (κ2) is 7.67. The lowest BCUT2D eigenvalue weighted by atomic mass is 10.2. The molecule has 2 aromatic heterocycles. The molecule has 0 spiro atoms. The molecule has 0 saturated carbocycles. The predicted molar refractivity (Wildman–Crippen MR) is 81.7 cm³/mol. The van der Waals surface area contributed by atoms with E-state index in [0.29, 0.717) is 5.82 Å². The second-order valence-electron chi connectivity index (χ2n) is 4.92. The summed E-state index contributed by atoms with van der Waals surface area (Å²) in [6.45, 7) is 11.2. The summed E-state index contributed by atoms with van der Waals surface area (Å²) in [5.41, 5.74) is 1.75. The first-order chi connectivity index (χ1) is 10.4. The lowest BCUT2D eigenvalue weighted by molar-refractivity contribution is -0.158. The van der Waals surface area contributed by atoms with Crippen molar-refractivity contribution in [1.29, 1.82) is 0 Å². The fourth-order valence-electron chi connectivity index (χ4n) is 1.69. The van der Waals surface area contributed by atoms with Crippen molar-refractivity contribution in [2.45, 2.75) is 47.8 Å². The molecule has 8 heteroatoms. The minimum absolute atomic E-state index is 0.195. The predicted octanol–water partition coefficient (Wildman–Crippen LogP) is 2.13. The number of hydrogen-bond donors (Lipinski definition) is 0. The average Bonchev–Trinajstić information content (AvgIpc) is 3.08. The van der Waals surface area contributed by atoms with Gasteiger partial charge >= 0.3 is 5.97 Å². The third-order valence-electron chi connectivity index (χ3n) is 2.85. The molecular weight excluding hydrogens is 284 g/mol. The molecule has 0 radical (unpaired) electrons. The van der Waals surface area contributed by atoms with E-state index in [1.165, 1.54) is 4.80 Å². The van der Waals surface area contributed by atoms with Crippen molar-refractivity contribution in [1.82, 2.24) is 30.0 Å². The van der Waals surface area contributed by atoms with Crippen molar-refractivity contribution in [2.24, 2.45) is 13.0 Å². The lowest BCUT2D eigenvalue weighted by Gasteiger charge is -2.12. The van der Waals surface area contributed by atoms with E-state index in [0.717, 1.165) is 11.3 Å². The summed E-state index contributed by atoms with van der Waals surface area (Å²) in [5, 5.41) is 16.3. The fraction of sp³-hybridized carbons (Fsp3) is 0.643. The largest absolute Gasteiger partial charge is 0.438 e. The Hall–Kier alpha value is -2.25. The molecule has 1 unspecified atom stereocenters. The first-order valence-electron chi connectivity index (χ1n) is 7.39. The highest BCUT2D eigenvalue weighted by Crippen LogP contribution is 2.18. The van der Waals surface area contributed by atoms with Crippen molar-refractivity contribution in [3.8, 4) is 11.5 Å². The number of rotatable bonds is 4. The molecular formula is C14H24N6O2. The van der Waals surface area contributed by atoms with Crippen LogP contribution in [0, 0.1) is 12.8 Å². The van der Waals surface area contributed by atoms with Crippen LogP contribution in [0.5, 0.6) is 0 Å². The summed E-state index contributed by atoms with van der Waals surface area (Å²) in [6, 6.07) is 0. The maximum absolute atomic E-state index is 11.5. The average molecular weight is 308 g/mol. The normalized spacial score (nSPS) is 11.8. The van der Waals surface area contributed by atoms with Gasteiger partial charge in [0.05, 0.1) is 12.1 Å². The molecule has 0 fully saturated rings. The first-order valence-corrected chi connectivity index (χ1v) is 7.39. The number of carbonyl (C=O) groups excluding carboxylic acids is 1. The van der Waals surface area contributed by atoms with E-state index in [9.17, 15) is 4.79 Å². The zero-order valence-electron chi connectivity index (χ0n) is 14.2. The molecule has 0 N–H and O–H groups in total. The zero-order valence-corrected chi connectivity index (χ0v) is 14.2. The smallest absolute Gasteiger partial charge is 0.310 e. The number of hydrogen-bond acceptors (Lipinski definition) is 6. The van der Waals surface area contributed by atoms with Crippen LogP contribution < -0.4 is 0 Å². The Morgan fingerprint density at radius 2 is 1.91 bits per heavy atom. The van der Waals surface area contributed by atoms with Gasteiger partial charge in [-0.2, -0.15) is 5.10 Å². The summed E-state index contributed by atoms with van der Waals surface area (Å²) in [7, 11) is 1.81. The molecule has 22 heavy (non-hydrogen) atoms. The van der Waals surface area contributed by atoms with Gasteiger partial charge in [-0.3, -0.25) is 9.48 Å². The molecule has 0 aliphatic heterocycles. The molecule has 0 saturated heterocycles.